The fourth-order valence-corrected chi connectivity index (χ4v) is 4.62. The average Bonchev–Trinajstić information content (AvgIpc) is 3.33. The van der Waals surface area contributed by atoms with Crippen molar-refractivity contribution < 1.29 is 17.9 Å². The Morgan fingerprint density at radius 1 is 1.15 bits per heavy atom. The molecule has 0 saturated carbocycles. The van der Waals surface area contributed by atoms with Gasteiger partial charge in [0, 0.05) is 29.2 Å². The fraction of sp³-hybridized carbons (Fsp3) is 0.217. The molecular weight excluding hydrogens is 473 g/mol. The van der Waals surface area contributed by atoms with Crippen LogP contribution in [0.4, 0.5) is 24.0 Å². The normalized spacial score (nSPS) is 11.6. The largest absolute Gasteiger partial charge is 0.494 e. The van der Waals surface area contributed by atoms with Crippen molar-refractivity contribution in [3.05, 3.63) is 81.3 Å². The molecule has 0 aliphatic carbocycles. The molecule has 172 valence electrons. The van der Waals surface area contributed by atoms with Crippen LogP contribution in [0.15, 0.2) is 48.9 Å². The minimum absolute atomic E-state index is 0.308. The van der Waals surface area contributed by atoms with E-state index in [2.05, 4.69) is 15.3 Å². The molecule has 5 nitrogen and oxygen atoms in total. The summed E-state index contributed by atoms with van der Waals surface area (Å²) in [7, 11) is 1.60. The van der Waals surface area contributed by atoms with Gasteiger partial charge in [-0.15, -0.1) is 11.3 Å². The van der Waals surface area contributed by atoms with Crippen molar-refractivity contribution in [2.45, 2.75) is 26.4 Å². The lowest BCUT2D eigenvalue weighted by Crippen LogP contribution is -2.06. The molecule has 0 fully saturated rings. The summed E-state index contributed by atoms with van der Waals surface area (Å²) in [6, 6.07) is 9.65. The summed E-state index contributed by atoms with van der Waals surface area (Å²) in [5.74, 6) is 0.659. The highest BCUT2D eigenvalue weighted by atomic mass is 35.5. The molecule has 2 aromatic carbocycles. The van der Waals surface area contributed by atoms with Gasteiger partial charge in [-0.1, -0.05) is 17.7 Å². The van der Waals surface area contributed by atoms with Gasteiger partial charge in [0.15, 0.2) is 5.13 Å². The highest BCUT2D eigenvalue weighted by Gasteiger charge is 2.33. The number of nitrogens with zero attached hydrogens (tertiary/aromatic N) is 3. The van der Waals surface area contributed by atoms with Crippen molar-refractivity contribution in [1.82, 2.24) is 14.5 Å². The first-order valence-corrected chi connectivity index (χ1v) is 11.1. The Bertz CT molecular complexity index is 1300. The maximum Gasteiger partial charge on any atom is 0.417 e. The van der Waals surface area contributed by atoms with E-state index in [0.717, 1.165) is 33.7 Å². The molecule has 2 aromatic heterocycles. The van der Waals surface area contributed by atoms with Crippen LogP contribution in [-0.4, -0.2) is 21.6 Å². The first kappa shape index (κ1) is 23.1. The Morgan fingerprint density at radius 3 is 2.61 bits per heavy atom. The molecule has 2 heterocycles. The van der Waals surface area contributed by atoms with E-state index in [9.17, 15) is 13.2 Å². The molecule has 33 heavy (non-hydrogen) atoms. The fourth-order valence-electron chi connectivity index (χ4n) is 3.38. The number of hydrogen-bond donors (Lipinski definition) is 1. The molecule has 4 rings (SSSR count). The van der Waals surface area contributed by atoms with Gasteiger partial charge in [0.1, 0.15) is 5.75 Å². The SMILES string of the molecule is COc1cc(Nc2nc(C)c(Cc3ccc(Cl)c(C(F)(F)F)c3)s2)ccc1-n1cnc(C)c1. The molecule has 0 radical (unpaired) electrons. The third-order valence-corrected chi connectivity index (χ3v) is 6.42. The first-order chi connectivity index (χ1) is 15.6. The Balaban J connectivity index is 1.55. The topological polar surface area (TPSA) is 52.0 Å². The number of ether oxygens (including phenoxy) is 1. The summed E-state index contributed by atoms with van der Waals surface area (Å²) in [6.07, 6.45) is -0.545. The van der Waals surface area contributed by atoms with Crippen molar-refractivity contribution in [1.29, 1.82) is 0 Å². The van der Waals surface area contributed by atoms with E-state index in [1.807, 2.05) is 42.8 Å². The summed E-state index contributed by atoms with van der Waals surface area (Å²) in [6.45, 7) is 3.75. The highest BCUT2D eigenvalue weighted by molar-refractivity contribution is 7.15. The Morgan fingerprint density at radius 2 is 1.94 bits per heavy atom. The standard InChI is InChI=1S/C23H20ClF3N4OS/c1-13-11-31(12-28-13)19-7-5-16(10-20(19)32-3)30-22-29-14(2)21(33-22)9-15-4-6-18(24)17(8-15)23(25,26)27/h4-8,10-12H,9H2,1-3H3,(H,29,30). The zero-order chi connectivity index (χ0) is 23.8. The van der Waals surface area contributed by atoms with E-state index in [1.165, 1.54) is 17.4 Å². The van der Waals surface area contributed by atoms with Crippen molar-refractivity contribution in [3.8, 4) is 11.4 Å². The number of rotatable bonds is 6. The number of hydrogen-bond acceptors (Lipinski definition) is 5. The van der Waals surface area contributed by atoms with Crippen LogP contribution in [0.2, 0.25) is 5.02 Å². The monoisotopic (exact) mass is 492 g/mol. The van der Waals surface area contributed by atoms with Crippen LogP contribution in [0.25, 0.3) is 5.69 Å². The maximum atomic E-state index is 13.2. The molecule has 1 N–H and O–H groups in total. The van der Waals surface area contributed by atoms with E-state index in [-0.39, 0.29) is 5.02 Å². The molecule has 0 aliphatic rings. The van der Waals surface area contributed by atoms with Crippen LogP contribution < -0.4 is 10.1 Å². The second-order valence-electron chi connectivity index (χ2n) is 7.45. The number of thiazole rings is 1. The van der Waals surface area contributed by atoms with Crippen LogP contribution in [0.1, 0.15) is 27.4 Å². The van der Waals surface area contributed by atoms with Crippen molar-refractivity contribution in [2.24, 2.45) is 0 Å². The summed E-state index contributed by atoms with van der Waals surface area (Å²) in [5, 5.41) is 3.59. The van der Waals surface area contributed by atoms with Gasteiger partial charge in [0.05, 0.1) is 41.1 Å². The first-order valence-electron chi connectivity index (χ1n) is 9.92. The average molecular weight is 493 g/mol. The number of aromatic nitrogens is 3. The number of aryl methyl sites for hydroxylation is 2. The highest BCUT2D eigenvalue weighted by Crippen LogP contribution is 2.36. The minimum Gasteiger partial charge on any atom is -0.494 e. The summed E-state index contributed by atoms with van der Waals surface area (Å²) in [5.41, 5.74) is 2.96. The smallest absolute Gasteiger partial charge is 0.417 e. The van der Waals surface area contributed by atoms with Crippen molar-refractivity contribution >= 4 is 33.8 Å². The predicted octanol–water partition coefficient (Wildman–Crippen LogP) is 6.96. The van der Waals surface area contributed by atoms with Gasteiger partial charge in [-0.3, -0.25) is 0 Å². The van der Waals surface area contributed by atoms with Gasteiger partial charge in [-0.25, -0.2) is 9.97 Å². The van der Waals surface area contributed by atoms with E-state index in [0.29, 0.717) is 22.9 Å². The van der Waals surface area contributed by atoms with Gasteiger partial charge < -0.3 is 14.6 Å². The number of benzene rings is 2. The Kier molecular flexibility index (Phi) is 6.36. The molecular formula is C23H20ClF3N4OS. The van der Waals surface area contributed by atoms with Gasteiger partial charge in [-0.2, -0.15) is 13.2 Å². The molecule has 0 aliphatic heterocycles. The summed E-state index contributed by atoms with van der Waals surface area (Å²) in [4.78, 5) is 9.64. The van der Waals surface area contributed by atoms with Gasteiger partial charge >= 0.3 is 6.18 Å². The predicted molar refractivity (Wildman–Crippen MR) is 124 cm³/mol. The second-order valence-corrected chi connectivity index (χ2v) is 8.94. The molecule has 10 heteroatoms. The van der Waals surface area contributed by atoms with Crippen LogP contribution in [0, 0.1) is 13.8 Å². The van der Waals surface area contributed by atoms with Crippen LogP contribution in [0.5, 0.6) is 5.75 Å². The van der Waals surface area contributed by atoms with Crippen LogP contribution in [0.3, 0.4) is 0 Å². The van der Waals surface area contributed by atoms with Gasteiger partial charge in [0.2, 0.25) is 0 Å². The molecule has 0 saturated heterocycles. The van der Waals surface area contributed by atoms with Crippen molar-refractivity contribution in [3.63, 3.8) is 0 Å². The van der Waals surface area contributed by atoms with E-state index < -0.39 is 11.7 Å². The number of anilines is 2. The second kappa shape index (κ2) is 9.07. The molecule has 0 unspecified atom stereocenters. The quantitative estimate of drug-likeness (QED) is 0.316. The molecule has 4 aromatic rings. The van der Waals surface area contributed by atoms with Crippen LogP contribution >= 0.6 is 22.9 Å². The van der Waals surface area contributed by atoms with Gasteiger partial charge in [-0.05, 0) is 43.7 Å². The zero-order valence-corrected chi connectivity index (χ0v) is 19.6. The number of halogens is 4. The van der Waals surface area contributed by atoms with E-state index >= 15 is 0 Å². The molecule has 0 bridgehead atoms. The lowest BCUT2D eigenvalue weighted by Gasteiger charge is -2.11. The summed E-state index contributed by atoms with van der Waals surface area (Å²) >= 11 is 7.12. The number of alkyl halides is 3. The number of imidazole rings is 1. The lowest BCUT2D eigenvalue weighted by molar-refractivity contribution is -0.137. The number of methoxy groups -OCH3 is 1. The lowest BCUT2D eigenvalue weighted by atomic mass is 10.1. The third-order valence-electron chi connectivity index (χ3n) is 5.01. The summed E-state index contributed by atoms with van der Waals surface area (Å²) < 4.78 is 46.9. The van der Waals surface area contributed by atoms with Gasteiger partial charge in [0.25, 0.3) is 0 Å². The Labute approximate surface area is 197 Å². The molecule has 0 amide bonds. The third kappa shape index (κ3) is 5.15. The Hall–Kier alpha value is -3.04. The van der Waals surface area contributed by atoms with E-state index in [4.69, 9.17) is 16.3 Å². The molecule has 0 spiro atoms. The molecule has 0 atom stereocenters. The van der Waals surface area contributed by atoms with Crippen LogP contribution in [-0.2, 0) is 12.6 Å². The maximum absolute atomic E-state index is 13.2. The zero-order valence-electron chi connectivity index (χ0n) is 18.0. The minimum atomic E-state index is -4.50. The van der Waals surface area contributed by atoms with E-state index in [1.54, 1.807) is 19.5 Å². The number of nitrogens with one attached hydrogen (secondary N) is 1. The van der Waals surface area contributed by atoms with Crippen molar-refractivity contribution in [2.75, 3.05) is 12.4 Å².